The third kappa shape index (κ3) is 3.87. The lowest BCUT2D eigenvalue weighted by Gasteiger charge is -2.11. The van der Waals surface area contributed by atoms with Crippen LogP contribution in [0.25, 0.3) is 11.4 Å². The van der Waals surface area contributed by atoms with E-state index in [-0.39, 0.29) is 5.95 Å². The largest absolute Gasteiger partial charge is 0.368 e. The Bertz CT molecular complexity index is 890. The molecule has 0 aliphatic carbocycles. The Hall–Kier alpha value is -2.68. The van der Waals surface area contributed by atoms with Gasteiger partial charge in [0.2, 0.25) is 11.9 Å². The van der Waals surface area contributed by atoms with E-state index < -0.39 is 0 Å². The van der Waals surface area contributed by atoms with Crippen LogP contribution in [0.4, 0.5) is 11.9 Å². The molecule has 130 valence electrons. The Kier molecular flexibility index (Phi) is 4.84. The summed E-state index contributed by atoms with van der Waals surface area (Å²) in [6, 6.07) is 8.20. The van der Waals surface area contributed by atoms with Crippen molar-refractivity contribution in [3.05, 3.63) is 35.7 Å². The van der Waals surface area contributed by atoms with Gasteiger partial charge in [-0.3, -0.25) is 0 Å². The van der Waals surface area contributed by atoms with Crippen LogP contribution in [0.15, 0.2) is 29.4 Å². The summed E-state index contributed by atoms with van der Waals surface area (Å²) in [5.74, 6) is 2.73. The lowest BCUT2D eigenvalue weighted by molar-refractivity contribution is 0.792. The molecule has 0 saturated carbocycles. The Balaban J connectivity index is 1.79. The van der Waals surface area contributed by atoms with Crippen LogP contribution in [0, 0.1) is 6.92 Å². The zero-order valence-electron chi connectivity index (χ0n) is 14.6. The van der Waals surface area contributed by atoms with Crippen molar-refractivity contribution in [2.45, 2.75) is 17.8 Å². The second-order valence-electron chi connectivity index (χ2n) is 5.83. The molecule has 0 amide bonds. The van der Waals surface area contributed by atoms with Gasteiger partial charge >= 0.3 is 0 Å². The van der Waals surface area contributed by atoms with Gasteiger partial charge in [0.15, 0.2) is 11.0 Å². The van der Waals surface area contributed by atoms with E-state index in [1.807, 2.05) is 37.8 Å². The van der Waals surface area contributed by atoms with Gasteiger partial charge in [-0.1, -0.05) is 35.5 Å². The number of aryl methyl sites for hydroxylation is 1. The number of aromatic nitrogens is 6. The van der Waals surface area contributed by atoms with Gasteiger partial charge in [-0.25, -0.2) is 0 Å². The van der Waals surface area contributed by atoms with Gasteiger partial charge in [-0.2, -0.15) is 15.0 Å². The molecule has 0 fully saturated rings. The minimum Gasteiger partial charge on any atom is -0.368 e. The van der Waals surface area contributed by atoms with E-state index >= 15 is 0 Å². The number of rotatable bonds is 5. The Morgan fingerprint density at radius 2 is 1.96 bits per heavy atom. The van der Waals surface area contributed by atoms with Gasteiger partial charge < -0.3 is 15.2 Å². The molecule has 0 radical (unpaired) electrons. The lowest BCUT2D eigenvalue weighted by atomic mass is 10.1. The zero-order chi connectivity index (χ0) is 18.0. The average molecular weight is 356 g/mol. The molecule has 0 spiro atoms. The van der Waals surface area contributed by atoms with E-state index in [4.69, 9.17) is 5.73 Å². The first-order valence-electron chi connectivity index (χ1n) is 7.71. The molecule has 0 atom stereocenters. The van der Waals surface area contributed by atoms with Crippen molar-refractivity contribution in [1.82, 2.24) is 29.7 Å². The number of hydrogen-bond acceptors (Lipinski definition) is 8. The summed E-state index contributed by atoms with van der Waals surface area (Å²) in [5, 5.41) is 9.38. The molecule has 2 heterocycles. The van der Waals surface area contributed by atoms with Gasteiger partial charge in [0.05, 0.1) is 5.75 Å². The van der Waals surface area contributed by atoms with Crippen molar-refractivity contribution >= 4 is 23.7 Å². The Labute approximate surface area is 150 Å². The van der Waals surface area contributed by atoms with Gasteiger partial charge in [0, 0.05) is 26.7 Å². The van der Waals surface area contributed by atoms with Crippen LogP contribution in [0.2, 0.25) is 0 Å². The van der Waals surface area contributed by atoms with Crippen LogP contribution in [0.3, 0.4) is 0 Å². The summed E-state index contributed by atoms with van der Waals surface area (Å²) in [5.41, 5.74) is 7.99. The van der Waals surface area contributed by atoms with E-state index in [1.165, 1.54) is 17.3 Å². The van der Waals surface area contributed by atoms with Crippen LogP contribution in [-0.4, -0.2) is 43.8 Å². The van der Waals surface area contributed by atoms with Crippen LogP contribution in [0.5, 0.6) is 0 Å². The number of nitrogens with zero attached hydrogens (tertiary/aromatic N) is 7. The molecule has 2 N–H and O–H groups in total. The van der Waals surface area contributed by atoms with Crippen LogP contribution in [0.1, 0.15) is 11.4 Å². The highest BCUT2D eigenvalue weighted by atomic mass is 32.2. The summed E-state index contributed by atoms with van der Waals surface area (Å²) in [4.78, 5) is 14.5. The topological polar surface area (TPSA) is 98.6 Å². The second-order valence-corrected chi connectivity index (χ2v) is 6.77. The molecular formula is C16H20N8S. The number of hydrogen-bond donors (Lipinski definition) is 1. The van der Waals surface area contributed by atoms with Gasteiger partial charge in [-0.15, -0.1) is 10.2 Å². The van der Waals surface area contributed by atoms with E-state index in [0.29, 0.717) is 17.5 Å². The molecule has 0 aliphatic heterocycles. The van der Waals surface area contributed by atoms with E-state index in [2.05, 4.69) is 44.2 Å². The minimum absolute atomic E-state index is 0.215. The predicted octanol–water partition coefficient (Wildman–Crippen LogP) is 1.92. The third-order valence-electron chi connectivity index (χ3n) is 3.53. The number of benzene rings is 1. The number of thioether (sulfide) groups is 1. The highest BCUT2D eigenvalue weighted by molar-refractivity contribution is 7.98. The van der Waals surface area contributed by atoms with Crippen molar-refractivity contribution in [2.75, 3.05) is 24.7 Å². The maximum Gasteiger partial charge on any atom is 0.229 e. The Morgan fingerprint density at radius 3 is 2.68 bits per heavy atom. The SMILES string of the molecule is Cc1cccc(-c2nnc(SCc3nc(N)nc(N(C)C)n3)n2C)c1. The predicted molar refractivity (Wildman–Crippen MR) is 99.3 cm³/mol. The number of anilines is 2. The van der Waals surface area contributed by atoms with Crippen LogP contribution < -0.4 is 10.6 Å². The molecule has 9 heteroatoms. The van der Waals surface area contributed by atoms with Gasteiger partial charge in [-0.05, 0) is 13.0 Å². The first-order valence-corrected chi connectivity index (χ1v) is 8.69. The van der Waals surface area contributed by atoms with Crippen LogP contribution >= 0.6 is 11.8 Å². The van der Waals surface area contributed by atoms with Crippen molar-refractivity contribution in [3.8, 4) is 11.4 Å². The summed E-state index contributed by atoms with van der Waals surface area (Å²) >= 11 is 1.51. The van der Waals surface area contributed by atoms with E-state index in [1.54, 1.807) is 4.90 Å². The summed E-state index contributed by atoms with van der Waals surface area (Å²) in [6.07, 6.45) is 0. The van der Waals surface area contributed by atoms with Gasteiger partial charge in [0.1, 0.15) is 5.82 Å². The zero-order valence-corrected chi connectivity index (χ0v) is 15.4. The van der Waals surface area contributed by atoms with Gasteiger partial charge in [0.25, 0.3) is 0 Å². The average Bonchev–Trinajstić information content (AvgIpc) is 2.93. The lowest BCUT2D eigenvalue weighted by Crippen LogP contribution is -2.16. The first kappa shape index (κ1) is 17.2. The molecule has 0 aliphatic rings. The van der Waals surface area contributed by atoms with Crippen LogP contribution in [-0.2, 0) is 12.8 Å². The Morgan fingerprint density at radius 1 is 1.16 bits per heavy atom. The number of nitrogens with two attached hydrogens (primary N) is 1. The highest BCUT2D eigenvalue weighted by Gasteiger charge is 2.13. The molecular weight excluding hydrogens is 336 g/mol. The third-order valence-corrected chi connectivity index (χ3v) is 4.55. The van der Waals surface area contributed by atoms with Crippen molar-refractivity contribution in [1.29, 1.82) is 0 Å². The molecule has 3 rings (SSSR count). The second kappa shape index (κ2) is 7.06. The normalized spacial score (nSPS) is 10.9. The summed E-state index contributed by atoms with van der Waals surface area (Å²) < 4.78 is 1.97. The monoisotopic (exact) mass is 356 g/mol. The molecule has 1 aromatic carbocycles. The fourth-order valence-corrected chi connectivity index (χ4v) is 3.06. The maximum atomic E-state index is 5.76. The highest BCUT2D eigenvalue weighted by Crippen LogP contribution is 2.25. The molecule has 3 aromatic rings. The fourth-order valence-electron chi connectivity index (χ4n) is 2.29. The quantitative estimate of drug-likeness (QED) is 0.692. The van der Waals surface area contributed by atoms with E-state index in [0.717, 1.165) is 16.5 Å². The summed E-state index contributed by atoms with van der Waals surface area (Å²) in [6.45, 7) is 2.06. The molecule has 2 aromatic heterocycles. The van der Waals surface area contributed by atoms with E-state index in [9.17, 15) is 0 Å². The molecule has 0 saturated heterocycles. The molecule has 8 nitrogen and oxygen atoms in total. The van der Waals surface area contributed by atoms with Crippen molar-refractivity contribution < 1.29 is 0 Å². The molecule has 0 unspecified atom stereocenters. The number of nitrogen functional groups attached to an aromatic ring is 1. The van der Waals surface area contributed by atoms with Crippen molar-refractivity contribution in [3.63, 3.8) is 0 Å². The molecule has 25 heavy (non-hydrogen) atoms. The smallest absolute Gasteiger partial charge is 0.229 e. The maximum absolute atomic E-state index is 5.76. The van der Waals surface area contributed by atoms with Crippen molar-refractivity contribution in [2.24, 2.45) is 7.05 Å². The fraction of sp³-hybridized carbons (Fsp3) is 0.312. The molecule has 0 bridgehead atoms. The summed E-state index contributed by atoms with van der Waals surface area (Å²) in [7, 11) is 5.68. The minimum atomic E-state index is 0.215. The standard InChI is InChI=1S/C16H20N8S/c1-10-6-5-7-11(8-10)13-21-22-16(24(13)4)25-9-12-18-14(17)20-15(19-12)23(2)3/h5-8H,9H2,1-4H3,(H2,17,18,19,20). The first-order chi connectivity index (χ1) is 11.9.